The minimum Gasteiger partial charge on any atom is -0.494 e. The summed E-state index contributed by atoms with van der Waals surface area (Å²) in [4.78, 5) is 42.3. The lowest BCUT2D eigenvalue weighted by Crippen LogP contribution is -2.45. The lowest BCUT2D eigenvalue weighted by molar-refractivity contribution is -0.140. The van der Waals surface area contributed by atoms with Crippen LogP contribution >= 0.6 is 0 Å². The van der Waals surface area contributed by atoms with E-state index in [4.69, 9.17) is 18.9 Å². The van der Waals surface area contributed by atoms with Crippen molar-refractivity contribution < 1.29 is 50.2 Å². The summed E-state index contributed by atoms with van der Waals surface area (Å²) in [5, 5.41) is 5.81. The SMILES string of the molecule is CCCCCCC(Oc1cc2c(cc1C(C)(C)CC(C)(C)C)OC(C)(C)CC2C)C(=O)Nc1cc(OC)c(NC(=O)C(Oc2ccc(S(C)(=O)=O)cc2NS(C)(=O)=O)C(=O)C(C)(C)C)cc1C. The number of ether oxygens (including phenoxy) is 4. The lowest BCUT2D eigenvalue weighted by atomic mass is 9.71. The van der Waals surface area contributed by atoms with E-state index in [2.05, 4.69) is 89.8 Å². The van der Waals surface area contributed by atoms with Gasteiger partial charge in [-0.15, -0.1) is 0 Å². The summed E-state index contributed by atoms with van der Waals surface area (Å²) in [6, 6.07) is 10.8. The molecule has 16 heteroatoms. The highest BCUT2D eigenvalue weighted by molar-refractivity contribution is 7.92. The van der Waals surface area contributed by atoms with Gasteiger partial charge in [-0.2, -0.15) is 0 Å². The summed E-state index contributed by atoms with van der Waals surface area (Å²) in [6.45, 7) is 26.1. The third-order valence-electron chi connectivity index (χ3n) is 11.6. The van der Waals surface area contributed by atoms with Gasteiger partial charge in [0.15, 0.2) is 21.7 Å². The molecule has 0 aliphatic carbocycles. The second-order valence-electron chi connectivity index (χ2n) is 21.7. The molecule has 1 heterocycles. The number of sulfone groups is 1. The van der Waals surface area contributed by atoms with Gasteiger partial charge < -0.3 is 29.6 Å². The van der Waals surface area contributed by atoms with Gasteiger partial charge in [0, 0.05) is 34.6 Å². The molecule has 3 aromatic rings. The standard InChI is InChI=1S/C51H75N3O11S2/c1-17-18-19-20-21-40(63-42-26-34-32(3)29-51(12,13)65-41(34)27-35(42)50(10,11)30-48(4,5)6)46(56)52-36-28-43(62-14)37(24-31(36)2)53-47(57)44(45(55)49(7,8)9)64-39-23-22-33(66(15,58)59)25-38(39)54-67(16,60)61/h22-28,32,40,44,54H,17-21,29-30H2,1-16H3,(H,52,56)(H,53,57). The Bertz CT molecular complexity index is 2540. The van der Waals surface area contributed by atoms with Crippen LogP contribution in [0.2, 0.25) is 0 Å². The molecule has 0 aromatic heterocycles. The predicted octanol–water partition coefficient (Wildman–Crippen LogP) is 10.5. The number of Topliss-reactive ketones (excluding diaryl/α,β-unsaturated/α-hetero) is 1. The molecule has 372 valence electrons. The minimum atomic E-state index is -3.96. The second-order valence-corrected chi connectivity index (χ2v) is 25.5. The van der Waals surface area contributed by atoms with Gasteiger partial charge in [-0.1, -0.05) is 88.5 Å². The molecule has 0 saturated heterocycles. The van der Waals surface area contributed by atoms with Crippen molar-refractivity contribution in [3.05, 3.63) is 59.2 Å². The zero-order valence-corrected chi connectivity index (χ0v) is 44.2. The number of methoxy groups -OCH3 is 1. The molecule has 0 bridgehead atoms. The Morgan fingerprint density at radius 3 is 2.01 bits per heavy atom. The van der Waals surface area contributed by atoms with Crippen LogP contribution in [0.4, 0.5) is 17.1 Å². The van der Waals surface area contributed by atoms with Crippen molar-refractivity contribution in [2.24, 2.45) is 10.8 Å². The molecule has 0 fully saturated rings. The predicted molar refractivity (Wildman–Crippen MR) is 266 cm³/mol. The Labute approximate surface area is 400 Å². The number of anilines is 3. The fourth-order valence-electron chi connectivity index (χ4n) is 8.81. The molecule has 1 aliphatic heterocycles. The number of carbonyl (C=O) groups is 3. The van der Waals surface area contributed by atoms with Gasteiger partial charge in [-0.3, -0.25) is 19.1 Å². The molecule has 0 saturated carbocycles. The normalized spacial score (nSPS) is 16.1. The van der Waals surface area contributed by atoms with Gasteiger partial charge in [0.1, 0.15) is 28.6 Å². The number of hydrogen-bond acceptors (Lipinski definition) is 11. The van der Waals surface area contributed by atoms with Crippen molar-refractivity contribution in [1.29, 1.82) is 0 Å². The van der Waals surface area contributed by atoms with E-state index in [9.17, 15) is 31.2 Å². The van der Waals surface area contributed by atoms with Crippen LogP contribution in [0, 0.1) is 17.8 Å². The number of carbonyl (C=O) groups excluding carboxylic acids is 3. The quantitative estimate of drug-likeness (QED) is 0.0721. The van der Waals surface area contributed by atoms with E-state index < -0.39 is 49.2 Å². The molecule has 3 unspecified atom stereocenters. The highest BCUT2D eigenvalue weighted by Crippen LogP contribution is 2.49. The molecule has 3 atom stereocenters. The summed E-state index contributed by atoms with van der Waals surface area (Å²) in [7, 11) is -6.35. The van der Waals surface area contributed by atoms with E-state index in [1.54, 1.807) is 39.8 Å². The number of amides is 2. The number of nitrogens with one attached hydrogen (secondary N) is 3. The van der Waals surface area contributed by atoms with Crippen molar-refractivity contribution in [3.63, 3.8) is 0 Å². The first-order chi connectivity index (χ1) is 30.6. The summed E-state index contributed by atoms with van der Waals surface area (Å²) < 4.78 is 76.7. The van der Waals surface area contributed by atoms with Gasteiger partial charge in [0.2, 0.25) is 16.1 Å². The first kappa shape index (κ1) is 54.8. The van der Waals surface area contributed by atoms with Crippen molar-refractivity contribution in [2.45, 2.75) is 169 Å². The topological polar surface area (TPSA) is 192 Å². The summed E-state index contributed by atoms with van der Waals surface area (Å²) >= 11 is 0. The number of aryl methyl sites for hydroxylation is 1. The Hall–Kier alpha value is -4.83. The molecule has 1 aliphatic rings. The molecule has 67 heavy (non-hydrogen) atoms. The lowest BCUT2D eigenvalue weighted by Gasteiger charge is -2.39. The maximum absolute atomic E-state index is 14.5. The molecule has 3 N–H and O–H groups in total. The van der Waals surface area contributed by atoms with Crippen molar-refractivity contribution in [3.8, 4) is 23.0 Å². The van der Waals surface area contributed by atoms with E-state index in [0.717, 1.165) is 74.0 Å². The molecule has 0 radical (unpaired) electrons. The number of fused-ring (bicyclic) bond motifs is 1. The third kappa shape index (κ3) is 15.1. The average Bonchev–Trinajstić information content (AvgIpc) is 3.16. The van der Waals surface area contributed by atoms with Gasteiger partial charge in [0.05, 0.1) is 29.6 Å². The highest BCUT2D eigenvalue weighted by atomic mass is 32.2. The largest absolute Gasteiger partial charge is 0.494 e. The Kier molecular flexibility index (Phi) is 17.0. The van der Waals surface area contributed by atoms with Crippen LogP contribution in [0.3, 0.4) is 0 Å². The summed E-state index contributed by atoms with van der Waals surface area (Å²) in [6.07, 6.45) is 5.01. The molecule has 3 aromatic carbocycles. The highest BCUT2D eigenvalue weighted by Gasteiger charge is 2.39. The first-order valence-corrected chi connectivity index (χ1v) is 26.8. The van der Waals surface area contributed by atoms with E-state index in [1.165, 1.54) is 19.2 Å². The van der Waals surface area contributed by atoms with Gasteiger partial charge in [0.25, 0.3) is 11.8 Å². The maximum atomic E-state index is 14.5. The molecule has 0 spiro atoms. The smallest absolute Gasteiger partial charge is 0.273 e. The molecule has 14 nitrogen and oxygen atoms in total. The monoisotopic (exact) mass is 969 g/mol. The summed E-state index contributed by atoms with van der Waals surface area (Å²) in [5.74, 6) is -0.328. The van der Waals surface area contributed by atoms with Crippen LogP contribution in [0.15, 0.2) is 47.4 Å². The molecular formula is C51H75N3O11S2. The number of benzene rings is 3. The Morgan fingerprint density at radius 2 is 1.45 bits per heavy atom. The van der Waals surface area contributed by atoms with Gasteiger partial charge in [-0.25, -0.2) is 16.8 Å². The zero-order chi connectivity index (χ0) is 50.7. The molecule has 2 amide bonds. The third-order valence-corrected chi connectivity index (χ3v) is 13.3. The number of hydrogen-bond donors (Lipinski definition) is 3. The van der Waals surface area contributed by atoms with Gasteiger partial charge >= 0.3 is 0 Å². The number of rotatable bonds is 20. The Balaban J connectivity index is 1.72. The van der Waals surface area contributed by atoms with E-state index in [-0.39, 0.29) is 56.0 Å². The minimum absolute atomic E-state index is 0.00562. The van der Waals surface area contributed by atoms with E-state index in [0.29, 0.717) is 23.4 Å². The number of unbranched alkanes of at least 4 members (excludes halogenated alkanes) is 3. The first-order valence-electron chi connectivity index (χ1n) is 23.0. The second kappa shape index (κ2) is 20.8. The fraction of sp³-hybridized carbons (Fsp3) is 0.588. The number of ketones is 1. The molecular weight excluding hydrogens is 895 g/mol. The van der Waals surface area contributed by atoms with E-state index >= 15 is 0 Å². The van der Waals surface area contributed by atoms with Crippen LogP contribution in [0.1, 0.15) is 151 Å². The van der Waals surface area contributed by atoms with Crippen LogP contribution in [-0.4, -0.2) is 71.9 Å². The van der Waals surface area contributed by atoms with Crippen molar-refractivity contribution >= 4 is 54.5 Å². The van der Waals surface area contributed by atoms with Crippen LogP contribution in [0.5, 0.6) is 23.0 Å². The Morgan fingerprint density at radius 1 is 0.806 bits per heavy atom. The van der Waals surface area contributed by atoms with Crippen LogP contribution in [0.25, 0.3) is 0 Å². The fourth-order valence-corrected chi connectivity index (χ4v) is 10.0. The van der Waals surface area contributed by atoms with Crippen LogP contribution < -0.4 is 34.3 Å². The number of sulfonamides is 1. The summed E-state index contributed by atoms with van der Waals surface area (Å²) in [5.41, 5.74) is 1.05. The van der Waals surface area contributed by atoms with E-state index in [1.807, 2.05) is 0 Å². The maximum Gasteiger partial charge on any atom is 0.273 e. The van der Waals surface area contributed by atoms with Crippen molar-refractivity contribution in [2.75, 3.05) is 35.0 Å². The van der Waals surface area contributed by atoms with Crippen LogP contribution in [-0.2, 0) is 39.7 Å². The molecule has 4 rings (SSSR count). The average molecular weight is 970 g/mol. The zero-order valence-electron chi connectivity index (χ0n) is 42.5. The van der Waals surface area contributed by atoms with Crippen molar-refractivity contribution in [1.82, 2.24) is 0 Å². The van der Waals surface area contributed by atoms with Gasteiger partial charge in [-0.05, 0) is 105 Å².